The topological polar surface area (TPSA) is 67.6 Å². The monoisotopic (exact) mass is 465 g/mol. The number of carbonyl (C=O) groups is 1. The molecule has 0 aliphatic carbocycles. The maximum atomic E-state index is 13.4. The summed E-state index contributed by atoms with van der Waals surface area (Å²) >= 11 is 1.51. The number of ether oxygens (including phenoxy) is 1. The predicted octanol–water partition coefficient (Wildman–Crippen LogP) is 4.30. The number of aromatic nitrogens is 1. The number of halogens is 1. The largest absolute Gasteiger partial charge is 0.448 e. The third-order valence-corrected chi connectivity index (χ3v) is 7.09. The van der Waals surface area contributed by atoms with Crippen LogP contribution in [-0.4, -0.2) is 41.6 Å². The van der Waals surface area contributed by atoms with Crippen LogP contribution in [0.1, 0.15) is 18.4 Å². The highest BCUT2D eigenvalue weighted by atomic mass is 32.2. The summed E-state index contributed by atoms with van der Waals surface area (Å²) in [4.78, 5) is 19.3. The van der Waals surface area contributed by atoms with Crippen molar-refractivity contribution in [2.75, 3.05) is 19.8 Å². The Balaban J connectivity index is 1.28. The van der Waals surface area contributed by atoms with Gasteiger partial charge in [0.2, 0.25) is 0 Å². The molecule has 2 aliphatic rings. The van der Waals surface area contributed by atoms with Gasteiger partial charge in [0.1, 0.15) is 28.3 Å². The molecule has 5 rings (SSSR count). The Bertz CT molecular complexity index is 1170. The summed E-state index contributed by atoms with van der Waals surface area (Å²) in [5.74, 6) is 0.199. The Labute approximate surface area is 195 Å². The number of benzene rings is 2. The van der Waals surface area contributed by atoms with Gasteiger partial charge in [0.25, 0.3) is 5.91 Å². The Hall–Kier alpha value is -3.10. The van der Waals surface area contributed by atoms with E-state index in [4.69, 9.17) is 9.15 Å². The first-order chi connectivity index (χ1) is 16.0. The Morgan fingerprint density at radius 1 is 1.24 bits per heavy atom. The van der Waals surface area contributed by atoms with E-state index in [1.165, 1.54) is 23.9 Å². The van der Waals surface area contributed by atoms with E-state index in [1.54, 1.807) is 18.4 Å². The van der Waals surface area contributed by atoms with E-state index in [-0.39, 0.29) is 17.8 Å². The fraction of sp³-hybridized carbons (Fsp3) is 0.280. The minimum absolute atomic E-state index is 0.0866. The SMILES string of the molecule is C[C@]1(c2ccc(F)cc2)NC(C(=O)N2CCOC[C@H]2Cc2nc(-c3ccccc3)co2)=CS1. The van der Waals surface area contributed by atoms with Crippen LogP contribution in [0.25, 0.3) is 11.3 Å². The number of carbonyl (C=O) groups excluding carboxylic acids is 1. The summed E-state index contributed by atoms with van der Waals surface area (Å²) < 4.78 is 24.7. The standard InChI is InChI=1S/C25H24FN3O3S/c1-25(18-7-9-19(26)10-8-18)28-22(16-33-25)24(30)29-11-12-31-14-20(29)13-23-27-21(15-32-23)17-5-3-2-4-6-17/h2-10,15-16,20,28H,11-14H2,1H3/t20-,25+/m1/s1. The quantitative estimate of drug-likeness (QED) is 0.606. The second kappa shape index (κ2) is 9.03. The molecule has 3 heterocycles. The molecule has 0 unspecified atom stereocenters. The number of morpholine rings is 1. The molecule has 1 fully saturated rings. The van der Waals surface area contributed by atoms with Crippen molar-refractivity contribution in [2.45, 2.75) is 24.3 Å². The van der Waals surface area contributed by atoms with E-state index < -0.39 is 4.87 Å². The molecule has 2 aliphatic heterocycles. The summed E-state index contributed by atoms with van der Waals surface area (Å²) in [6, 6.07) is 16.0. The molecule has 3 aromatic rings. The zero-order valence-corrected chi connectivity index (χ0v) is 19.0. The molecule has 6 nitrogen and oxygen atoms in total. The van der Waals surface area contributed by atoms with Crippen molar-refractivity contribution in [3.05, 3.63) is 89.2 Å². The first kappa shape index (κ1) is 21.7. The zero-order valence-electron chi connectivity index (χ0n) is 18.2. The smallest absolute Gasteiger partial charge is 0.270 e. The van der Waals surface area contributed by atoms with Crippen LogP contribution in [0.4, 0.5) is 4.39 Å². The Kier molecular flexibility index (Phi) is 5.95. The second-order valence-corrected chi connectivity index (χ2v) is 9.53. The molecule has 170 valence electrons. The van der Waals surface area contributed by atoms with Gasteiger partial charge in [-0.3, -0.25) is 4.79 Å². The summed E-state index contributed by atoms with van der Waals surface area (Å²) in [5, 5.41) is 5.18. The number of nitrogens with one attached hydrogen (secondary N) is 1. The van der Waals surface area contributed by atoms with Crippen LogP contribution in [0, 0.1) is 5.82 Å². The minimum atomic E-state index is -0.534. The number of nitrogens with zero attached hydrogens (tertiary/aromatic N) is 2. The maximum Gasteiger partial charge on any atom is 0.270 e. The fourth-order valence-corrected chi connectivity index (χ4v) is 5.05. The first-order valence-electron chi connectivity index (χ1n) is 10.8. The van der Waals surface area contributed by atoms with E-state index in [0.717, 1.165) is 16.8 Å². The van der Waals surface area contributed by atoms with E-state index in [2.05, 4.69) is 10.3 Å². The van der Waals surface area contributed by atoms with Crippen LogP contribution in [0.5, 0.6) is 0 Å². The molecule has 1 amide bonds. The van der Waals surface area contributed by atoms with E-state index in [9.17, 15) is 9.18 Å². The van der Waals surface area contributed by atoms with Crippen LogP contribution >= 0.6 is 11.8 Å². The van der Waals surface area contributed by atoms with Crippen molar-refractivity contribution in [3.8, 4) is 11.3 Å². The van der Waals surface area contributed by atoms with Gasteiger partial charge < -0.3 is 19.4 Å². The second-order valence-electron chi connectivity index (χ2n) is 8.24. The van der Waals surface area contributed by atoms with Gasteiger partial charge in [-0.2, -0.15) is 0 Å². The van der Waals surface area contributed by atoms with Crippen molar-refractivity contribution in [3.63, 3.8) is 0 Å². The lowest BCUT2D eigenvalue weighted by molar-refractivity contribution is -0.136. The molecule has 2 aromatic carbocycles. The number of oxazole rings is 1. The molecule has 1 saturated heterocycles. The van der Waals surface area contributed by atoms with Gasteiger partial charge in [0.05, 0.1) is 19.3 Å². The lowest BCUT2D eigenvalue weighted by atomic mass is 10.1. The van der Waals surface area contributed by atoms with Crippen LogP contribution in [0.15, 0.2) is 76.4 Å². The highest BCUT2D eigenvalue weighted by Crippen LogP contribution is 2.41. The lowest BCUT2D eigenvalue weighted by Gasteiger charge is -2.36. The minimum Gasteiger partial charge on any atom is -0.448 e. The van der Waals surface area contributed by atoms with Crippen molar-refractivity contribution < 1.29 is 18.3 Å². The molecule has 8 heteroatoms. The number of thioether (sulfide) groups is 1. The molecular formula is C25H24FN3O3S. The maximum absolute atomic E-state index is 13.4. The van der Waals surface area contributed by atoms with Gasteiger partial charge >= 0.3 is 0 Å². The number of rotatable bonds is 5. The summed E-state index contributed by atoms with van der Waals surface area (Å²) in [6.45, 7) is 3.38. The molecule has 0 spiro atoms. The van der Waals surface area contributed by atoms with Gasteiger partial charge in [-0.05, 0) is 24.6 Å². The molecule has 1 aromatic heterocycles. The van der Waals surface area contributed by atoms with E-state index in [0.29, 0.717) is 37.8 Å². The van der Waals surface area contributed by atoms with Crippen LogP contribution in [0.2, 0.25) is 0 Å². The normalized spacial score (nSPS) is 22.7. The predicted molar refractivity (Wildman–Crippen MR) is 125 cm³/mol. The first-order valence-corrected chi connectivity index (χ1v) is 11.7. The van der Waals surface area contributed by atoms with Gasteiger partial charge in [0, 0.05) is 23.9 Å². The Morgan fingerprint density at radius 2 is 2.03 bits per heavy atom. The fourth-order valence-electron chi connectivity index (χ4n) is 4.10. The third-order valence-electron chi connectivity index (χ3n) is 5.93. The Morgan fingerprint density at radius 3 is 2.82 bits per heavy atom. The average Bonchev–Trinajstić information content (AvgIpc) is 3.48. The number of hydrogen-bond acceptors (Lipinski definition) is 6. The van der Waals surface area contributed by atoms with Gasteiger partial charge in [-0.1, -0.05) is 54.2 Å². The lowest BCUT2D eigenvalue weighted by Crippen LogP contribution is -2.51. The van der Waals surface area contributed by atoms with Crippen molar-refractivity contribution in [1.82, 2.24) is 15.2 Å². The van der Waals surface area contributed by atoms with Crippen LogP contribution in [-0.2, 0) is 20.8 Å². The summed E-state index contributed by atoms with van der Waals surface area (Å²) in [7, 11) is 0. The molecule has 1 N–H and O–H groups in total. The van der Waals surface area contributed by atoms with Crippen LogP contribution < -0.4 is 5.32 Å². The van der Waals surface area contributed by atoms with Crippen LogP contribution in [0.3, 0.4) is 0 Å². The molecule has 0 saturated carbocycles. The third kappa shape index (κ3) is 4.54. The molecular weight excluding hydrogens is 441 g/mol. The summed E-state index contributed by atoms with van der Waals surface area (Å²) in [6.07, 6.45) is 2.11. The van der Waals surface area contributed by atoms with Gasteiger partial charge in [-0.25, -0.2) is 9.37 Å². The van der Waals surface area contributed by atoms with Gasteiger partial charge in [0.15, 0.2) is 5.89 Å². The highest BCUT2D eigenvalue weighted by molar-refractivity contribution is 8.03. The zero-order chi connectivity index (χ0) is 22.8. The van der Waals surface area contributed by atoms with Gasteiger partial charge in [-0.15, -0.1) is 0 Å². The van der Waals surface area contributed by atoms with E-state index in [1.807, 2.05) is 47.6 Å². The molecule has 0 radical (unpaired) electrons. The van der Waals surface area contributed by atoms with Crippen molar-refractivity contribution in [1.29, 1.82) is 0 Å². The molecule has 0 bridgehead atoms. The van der Waals surface area contributed by atoms with Crippen molar-refractivity contribution >= 4 is 17.7 Å². The summed E-state index contributed by atoms with van der Waals surface area (Å²) in [5.41, 5.74) is 3.18. The molecule has 2 atom stereocenters. The van der Waals surface area contributed by atoms with E-state index >= 15 is 0 Å². The number of hydrogen-bond donors (Lipinski definition) is 1. The van der Waals surface area contributed by atoms with Crippen molar-refractivity contribution in [2.24, 2.45) is 0 Å². The average molecular weight is 466 g/mol. The highest BCUT2D eigenvalue weighted by Gasteiger charge is 2.38. The molecule has 33 heavy (non-hydrogen) atoms. The number of amides is 1.